The molecule has 1 fully saturated rings. The first-order chi connectivity index (χ1) is 5.55. The maximum absolute atomic E-state index is 10.8. The van der Waals surface area contributed by atoms with Gasteiger partial charge >= 0.3 is 10.1 Å². The van der Waals surface area contributed by atoms with Gasteiger partial charge in [-0.2, -0.15) is 8.42 Å². The third-order valence-electron chi connectivity index (χ3n) is 1.18. The highest BCUT2D eigenvalue weighted by molar-refractivity contribution is 7.86. The zero-order valence-electron chi connectivity index (χ0n) is 6.59. The quantitative estimate of drug-likeness (QED) is 0.639. The summed E-state index contributed by atoms with van der Waals surface area (Å²) in [5.74, 6) is 0. The highest BCUT2D eigenvalue weighted by Crippen LogP contribution is 2.26. The van der Waals surface area contributed by atoms with E-state index in [0.29, 0.717) is 0 Å². The molecular weight excluding hydrogens is 190 g/mol. The molecule has 72 valence electrons. The molecule has 1 aliphatic carbocycles. The van der Waals surface area contributed by atoms with E-state index >= 15 is 0 Å². The SMILES string of the molecule is CC=C1CC1.O=S(=O)(CF)OF. The lowest BCUT2D eigenvalue weighted by Crippen LogP contribution is -1.99. The van der Waals surface area contributed by atoms with Crippen LogP contribution in [0.3, 0.4) is 0 Å². The largest absolute Gasteiger partial charge is 0.327 e. The lowest BCUT2D eigenvalue weighted by Gasteiger charge is -1.82. The van der Waals surface area contributed by atoms with Crippen molar-refractivity contribution >= 4 is 10.1 Å². The van der Waals surface area contributed by atoms with Crippen LogP contribution in [0, 0.1) is 0 Å². The molecule has 0 heterocycles. The highest BCUT2D eigenvalue weighted by Gasteiger charge is 2.08. The molecule has 0 bridgehead atoms. The van der Waals surface area contributed by atoms with Crippen molar-refractivity contribution in [2.24, 2.45) is 0 Å². The molecule has 12 heavy (non-hydrogen) atoms. The second-order valence-electron chi connectivity index (χ2n) is 2.18. The fourth-order valence-electron chi connectivity index (χ4n) is 0.378. The van der Waals surface area contributed by atoms with Gasteiger partial charge in [0.1, 0.15) is 0 Å². The molecular formula is C6H10F2O3S. The van der Waals surface area contributed by atoms with E-state index in [0.717, 1.165) is 0 Å². The van der Waals surface area contributed by atoms with Gasteiger partial charge < -0.3 is 0 Å². The smallest absolute Gasteiger partial charge is 0.231 e. The summed E-state index contributed by atoms with van der Waals surface area (Å²) in [6, 6.07) is -1.83. The standard InChI is InChI=1S/C5H8.CH2F2O3S/c1-2-5-3-4-5;2-1-7(4,5)6-3/h2H,3-4H2,1H3;1H2. The van der Waals surface area contributed by atoms with Crippen LogP contribution in [0.1, 0.15) is 19.8 Å². The normalized spacial score (nSPS) is 14.8. The Morgan fingerprint density at radius 2 is 2.08 bits per heavy atom. The predicted molar refractivity (Wildman–Crippen MR) is 40.1 cm³/mol. The van der Waals surface area contributed by atoms with Gasteiger partial charge in [0.2, 0.25) is 6.01 Å². The van der Waals surface area contributed by atoms with Crippen molar-refractivity contribution in [3.05, 3.63) is 11.6 Å². The Kier molecular flexibility index (Phi) is 5.00. The molecule has 0 radical (unpaired) electrons. The minimum absolute atomic E-state index is 1.37. The first kappa shape index (κ1) is 11.5. The average Bonchev–Trinajstić information content (AvgIpc) is 2.88. The van der Waals surface area contributed by atoms with Crippen molar-refractivity contribution in [2.75, 3.05) is 6.01 Å². The van der Waals surface area contributed by atoms with E-state index < -0.39 is 16.1 Å². The molecule has 0 amide bonds. The molecule has 0 aromatic carbocycles. The van der Waals surface area contributed by atoms with Gasteiger partial charge in [0.25, 0.3) is 0 Å². The van der Waals surface area contributed by atoms with Crippen LogP contribution in [0.5, 0.6) is 0 Å². The number of hydrogen-bond acceptors (Lipinski definition) is 3. The van der Waals surface area contributed by atoms with Crippen LogP contribution < -0.4 is 0 Å². The van der Waals surface area contributed by atoms with E-state index in [9.17, 15) is 17.3 Å². The van der Waals surface area contributed by atoms with Crippen LogP contribution in [0.15, 0.2) is 11.6 Å². The Labute approximate surface area is 70.1 Å². The Morgan fingerprint density at radius 3 is 2.08 bits per heavy atom. The molecule has 0 saturated heterocycles. The summed E-state index contributed by atoms with van der Waals surface area (Å²) in [5, 5.41) is 0. The van der Waals surface area contributed by atoms with E-state index in [1.807, 2.05) is 0 Å². The van der Waals surface area contributed by atoms with Gasteiger partial charge in [-0.25, -0.2) is 4.39 Å². The molecule has 1 saturated carbocycles. The molecule has 0 aromatic heterocycles. The lowest BCUT2D eigenvalue weighted by atomic mass is 10.6. The van der Waals surface area contributed by atoms with Crippen LogP contribution in [0.2, 0.25) is 0 Å². The monoisotopic (exact) mass is 200 g/mol. The summed E-state index contributed by atoms with van der Waals surface area (Å²) < 4.78 is 42.2. The minimum atomic E-state index is -4.49. The second-order valence-corrected chi connectivity index (χ2v) is 3.64. The Bertz CT molecular complexity index is 230. The molecule has 0 aliphatic heterocycles. The van der Waals surface area contributed by atoms with Crippen LogP contribution in [-0.4, -0.2) is 14.4 Å². The van der Waals surface area contributed by atoms with Crippen molar-refractivity contribution in [2.45, 2.75) is 19.8 Å². The van der Waals surface area contributed by atoms with Gasteiger partial charge in [0.15, 0.2) is 0 Å². The van der Waals surface area contributed by atoms with Crippen LogP contribution in [0.4, 0.5) is 8.92 Å². The maximum Gasteiger partial charge on any atom is 0.327 e. The fraction of sp³-hybridized carbons (Fsp3) is 0.667. The predicted octanol–water partition coefficient (Wildman–Crippen LogP) is 1.87. The van der Waals surface area contributed by atoms with Gasteiger partial charge in [-0.15, -0.1) is 0 Å². The van der Waals surface area contributed by atoms with Gasteiger partial charge in [-0.3, -0.25) is 0 Å². The number of halogens is 2. The minimum Gasteiger partial charge on any atom is -0.231 e. The zero-order chi connectivity index (χ0) is 9.61. The summed E-state index contributed by atoms with van der Waals surface area (Å²) in [6.07, 6.45) is 4.94. The fourth-order valence-corrected chi connectivity index (χ4v) is 0.411. The third kappa shape index (κ3) is 6.23. The van der Waals surface area contributed by atoms with Gasteiger partial charge in [0, 0.05) is 0 Å². The molecule has 1 rings (SSSR count). The van der Waals surface area contributed by atoms with Gasteiger partial charge in [-0.1, -0.05) is 16.0 Å². The highest BCUT2D eigenvalue weighted by atomic mass is 32.2. The average molecular weight is 200 g/mol. The maximum atomic E-state index is 10.8. The van der Waals surface area contributed by atoms with E-state index in [-0.39, 0.29) is 0 Å². The number of rotatable bonds is 2. The molecule has 0 N–H and O–H groups in total. The lowest BCUT2D eigenvalue weighted by molar-refractivity contribution is 0.00125. The molecule has 0 spiro atoms. The van der Waals surface area contributed by atoms with E-state index in [1.54, 1.807) is 5.57 Å². The Balaban J connectivity index is 0.000000211. The molecule has 0 unspecified atom stereocenters. The number of allylic oxidation sites excluding steroid dienone is 2. The van der Waals surface area contributed by atoms with E-state index in [4.69, 9.17) is 0 Å². The topological polar surface area (TPSA) is 43.4 Å². The van der Waals surface area contributed by atoms with E-state index in [1.165, 1.54) is 12.8 Å². The molecule has 1 aliphatic rings. The molecule has 3 nitrogen and oxygen atoms in total. The molecule has 0 aromatic rings. The second kappa shape index (κ2) is 5.21. The zero-order valence-corrected chi connectivity index (χ0v) is 7.40. The summed E-state index contributed by atoms with van der Waals surface area (Å²) in [4.78, 5) is 0. The van der Waals surface area contributed by atoms with E-state index in [2.05, 4.69) is 17.4 Å². The van der Waals surface area contributed by atoms with Gasteiger partial charge in [-0.05, 0) is 24.3 Å². The number of alkyl halides is 1. The summed E-state index contributed by atoms with van der Waals surface area (Å²) in [5.41, 5.74) is 1.63. The first-order valence-electron chi connectivity index (χ1n) is 3.28. The van der Waals surface area contributed by atoms with Crippen molar-refractivity contribution in [3.63, 3.8) is 0 Å². The third-order valence-corrected chi connectivity index (χ3v) is 1.64. The van der Waals surface area contributed by atoms with Crippen molar-refractivity contribution in [3.8, 4) is 0 Å². The van der Waals surface area contributed by atoms with Crippen LogP contribution in [-0.2, 0) is 14.5 Å². The van der Waals surface area contributed by atoms with Crippen molar-refractivity contribution < 1.29 is 21.7 Å². The van der Waals surface area contributed by atoms with Crippen LogP contribution >= 0.6 is 0 Å². The summed E-state index contributed by atoms with van der Waals surface area (Å²) >= 11 is 0. The van der Waals surface area contributed by atoms with Crippen molar-refractivity contribution in [1.82, 2.24) is 0 Å². The first-order valence-corrected chi connectivity index (χ1v) is 4.86. The molecule has 0 atom stereocenters. The summed E-state index contributed by atoms with van der Waals surface area (Å²) in [7, 11) is -4.49. The Morgan fingerprint density at radius 1 is 1.58 bits per heavy atom. The molecule has 6 heteroatoms. The van der Waals surface area contributed by atoms with Gasteiger partial charge in [0.05, 0.1) is 0 Å². The van der Waals surface area contributed by atoms with Crippen molar-refractivity contribution in [1.29, 1.82) is 0 Å². The van der Waals surface area contributed by atoms with Crippen LogP contribution in [0.25, 0.3) is 0 Å². The number of hydrogen-bond donors (Lipinski definition) is 0. The summed E-state index contributed by atoms with van der Waals surface area (Å²) in [6.45, 7) is 2.10. The Hall–Kier alpha value is -0.490.